The Morgan fingerprint density at radius 1 is 0.373 bits per heavy atom. The molecular formula is C57H48N2. The van der Waals surface area contributed by atoms with Crippen LogP contribution in [-0.4, -0.2) is 4.57 Å². The highest BCUT2D eigenvalue weighted by Crippen LogP contribution is 2.63. The lowest BCUT2D eigenvalue weighted by Crippen LogP contribution is -2.26. The number of anilines is 3. The molecule has 2 heteroatoms. The molecule has 0 aliphatic heterocycles. The van der Waals surface area contributed by atoms with Gasteiger partial charge in [-0.2, -0.15) is 0 Å². The fraction of sp³-hybridized carbons (Fsp3) is 0.158. The summed E-state index contributed by atoms with van der Waals surface area (Å²) in [6.45, 7) is 13.9. The highest BCUT2D eigenvalue weighted by Gasteiger charge is 2.51. The molecule has 286 valence electrons. The summed E-state index contributed by atoms with van der Waals surface area (Å²) in [7, 11) is 0. The SMILES string of the molecule is CC(C)(C)c1cc(-n2c3ccccc3c3cc(N(c4ccccc4)c4ccc5c(c4)C4(c6ccccc6-c6ccccc64)c4ccccc4-5)ccc32)cc(C(C)(C)C)c1. The van der Waals surface area contributed by atoms with Crippen LogP contribution in [0.4, 0.5) is 17.1 Å². The summed E-state index contributed by atoms with van der Waals surface area (Å²) < 4.78 is 2.48. The van der Waals surface area contributed by atoms with Crippen LogP contribution < -0.4 is 4.90 Å². The van der Waals surface area contributed by atoms with E-state index in [1.165, 1.54) is 83.1 Å². The standard InChI is InChI=1S/C57H48N2/c1-55(2,3)37-32-38(56(4,5)6)34-42(33-37)59-53-27-17-13-23-47(53)48-35-40(29-31-54(48)59)58(39-18-8-7-9-19-39)41-28-30-46-45-22-12-16-26-51(45)57(52(46)36-41)49-24-14-10-20-43(49)44-21-11-15-25-50(44)57/h7-36H,1-6H3. The van der Waals surface area contributed by atoms with Crippen LogP contribution in [0.5, 0.6) is 0 Å². The third kappa shape index (κ3) is 5.18. The van der Waals surface area contributed by atoms with Gasteiger partial charge in [0.25, 0.3) is 0 Å². The van der Waals surface area contributed by atoms with Gasteiger partial charge in [-0.15, -0.1) is 0 Å². The van der Waals surface area contributed by atoms with E-state index in [2.05, 4.69) is 233 Å². The van der Waals surface area contributed by atoms with Gasteiger partial charge < -0.3 is 9.47 Å². The first-order chi connectivity index (χ1) is 28.5. The van der Waals surface area contributed by atoms with E-state index in [9.17, 15) is 0 Å². The molecule has 2 aliphatic rings. The molecular weight excluding hydrogens is 713 g/mol. The number of hydrogen-bond acceptors (Lipinski definition) is 1. The normalized spacial score (nSPS) is 13.7. The summed E-state index contributed by atoms with van der Waals surface area (Å²) in [5.41, 5.74) is 20.0. The summed E-state index contributed by atoms with van der Waals surface area (Å²) in [5, 5.41) is 2.49. The van der Waals surface area contributed by atoms with Crippen molar-refractivity contribution in [3.63, 3.8) is 0 Å². The van der Waals surface area contributed by atoms with E-state index in [0.29, 0.717) is 0 Å². The van der Waals surface area contributed by atoms with E-state index < -0.39 is 5.41 Å². The van der Waals surface area contributed by atoms with E-state index in [0.717, 1.165) is 17.1 Å². The zero-order valence-electron chi connectivity index (χ0n) is 34.7. The maximum atomic E-state index is 2.49. The molecule has 0 fully saturated rings. The van der Waals surface area contributed by atoms with Crippen molar-refractivity contribution in [2.75, 3.05) is 4.90 Å². The summed E-state index contributed by atoms with van der Waals surface area (Å²) in [6, 6.07) is 68.4. The van der Waals surface area contributed by atoms with Gasteiger partial charge in [0.2, 0.25) is 0 Å². The minimum absolute atomic E-state index is 0.0105. The Hall–Kier alpha value is -6.64. The maximum Gasteiger partial charge on any atom is 0.0726 e. The number of fused-ring (bicyclic) bond motifs is 13. The van der Waals surface area contributed by atoms with Crippen molar-refractivity contribution in [3.05, 3.63) is 215 Å². The average molecular weight is 761 g/mol. The van der Waals surface area contributed by atoms with Crippen molar-refractivity contribution in [2.24, 2.45) is 0 Å². The number of rotatable bonds is 4. The van der Waals surface area contributed by atoms with E-state index in [-0.39, 0.29) is 10.8 Å². The van der Waals surface area contributed by atoms with Crippen LogP contribution in [0.15, 0.2) is 182 Å². The third-order valence-corrected chi connectivity index (χ3v) is 13.1. The Balaban J connectivity index is 1.15. The summed E-state index contributed by atoms with van der Waals surface area (Å²) in [4.78, 5) is 2.45. The largest absolute Gasteiger partial charge is 0.310 e. The van der Waals surface area contributed by atoms with Crippen LogP contribution in [0.1, 0.15) is 74.9 Å². The second-order valence-corrected chi connectivity index (χ2v) is 18.6. The minimum atomic E-state index is -0.414. The molecule has 11 rings (SSSR count). The molecule has 0 N–H and O–H groups in total. The van der Waals surface area contributed by atoms with Crippen LogP contribution >= 0.6 is 0 Å². The van der Waals surface area contributed by atoms with Gasteiger partial charge in [0.1, 0.15) is 0 Å². The molecule has 8 aromatic carbocycles. The van der Waals surface area contributed by atoms with Gasteiger partial charge in [-0.3, -0.25) is 0 Å². The van der Waals surface area contributed by atoms with E-state index >= 15 is 0 Å². The summed E-state index contributed by atoms with van der Waals surface area (Å²) >= 11 is 0. The second kappa shape index (κ2) is 12.7. The molecule has 0 radical (unpaired) electrons. The highest BCUT2D eigenvalue weighted by atomic mass is 15.1. The molecule has 1 spiro atoms. The van der Waals surface area contributed by atoms with Gasteiger partial charge in [-0.25, -0.2) is 0 Å². The Labute approximate surface area is 348 Å². The van der Waals surface area contributed by atoms with Crippen molar-refractivity contribution in [1.29, 1.82) is 0 Å². The Kier molecular flexibility index (Phi) is 7.63. The molecule has 0 atom stereocenters. The number of benzene rings is 8. The smallest absolute Gasteiger partial charge is 0.0726 e. The summed E-state index contributed by atoms with van der Waals surface area (Å²) in [6.07, 6.45) is 0. The topological polar surface area (TPSA) is 8.17 Å². The lowest BCUT2D eigenvalue weighted by Gasteiger charge is -2.32. The van der Waals surface area contributed by atoms with E-state index in [4.69, 9.17) is 0 Å². The van der Waals surface area contributed by atoms with Gasteiger partial charge >= 0.3 is 0 Å². The Morgan fingerprint density at radius 2 is 0.847 bits per heavy atom. The van der Waals surface area contributed by atoms with Gasteiger partial charge in [-0.05, 0) is 127 Å². The molecule has 0 bridgehead atoms. The molecule has 0 unspecified atom stereocenters. The summed E-state index contributed by atoms with van der Waals surface area (Å²) in [5.74, 6) is 0. The first-order valence-corrected chi connectivity index (χ1v) is 21.0. The van der Waals surface area contributed by atoms with Crippen LogP contribution in [0, 0.1) is 0 Å². The van der Waals surface area contributed by atoms with Gasteiger partial charge in [-0.1, -0.05) is 163 Å². The van der Waals surface area contributed by atoms with Gasteiger partial charge in [0.15, 0.2) is 0 Å². The molecule has 1 heterocycles. The monoisotopic (exact) mass is 760 g/mol. The van der Waals surface area contributed by atoms with Crippen LogP contribution in [-0.2, 0) is 16.2 Å². The molecule has 2 nitrogen and oxygen atoms in total. The lowest BCUT2D eigenvalue weighted by molar-refractivity contribution is 0.568. The first kappa shape index (κ1) is 35.5. The molecule has 0 amide bonds. The minimum Gasteiger partial charge on any atom is -0.310 e. The van der Waals surface area contributed by atoms with Crippen LogP contribution in [0.3, 0.4) is 0 Å². The third-order valence-electron chi connectivity index (χ3n) is 13.1. The molecule has 1 aromatic heterocycles. The molecule has 0 saturated heterocycles. The van der Waals surface area contributed by atoms with Crippen molar-refractivity contribution < 1.29 is 0 Å². The highest BCUT2D eigenvalue weighted by molar-refractivity contribution is 6.11. The Morgan fingerprint density at radius 3 is 1.44 bits per heavy atom. The van der Waals surface area contributed by atoms with Crippen LogP contribution in [0.25, 0.3) is 49.7 Å². The zero-order valence-corrected chi connectivity index (χ0v) is 34.7. The molecule has 59 heavy (non-hydrogen) atoms. The Bertz CT molecular complexity index is 3030. The van der Waals surface area contributed by atoms with E-state index in [1.54, 1.807) is 0 Å². The van der Waals surface area contributed by atoms with Gasteiger partial charge in [0.05, 0.1) is 16.4 Å². The predicted molar refractivity (Wildman–Crippen MR) is 249 cm³/mol. The number of nitrogens with zero attached hydrogens (tertiary/aromatic N) is 2. The maximum absolute atomic E-state index is 2.49. The quantitative estimate of drug-likeness (QED) is 0.173. The van der Waals surface area contributed by atoms with Crippen LogP contribution in [0.2, 0.25) is 0 Å². The van der Waals surface area contributed by atoms with E-state index in [1.807, 2.05) is 0 Å². The fourth-order valence-electron chi connectivity index (χ4n) is 10.2. The zero-order chi connectivity index (χ0) is 40.3. The van der Waals surface area contributed by atoms with Crippen molar-refractivity contribution in [3.8, 4) is 27.9 Å². The van der Waals surface area contributed by atoms with Crippen molar-refractivity contribution in [2.45, 2.75) is 57.8 Å². The average Bonchev–Trinajstić information content (AvgIpc) is 3.85. The first-order valence-electron chi connectivity index (χ1n) is 21.0. The molecule has 2 aliphatic carbocycles. The fourth-order valence-corrected chi connectivity index (χ4v) is 10.2. The molecule has 0 saturated carbocycles. The van der Waals surface area contributed by atoms with Crippen molar-refractivity contribution >= 4 is 38.9 Å². The van der Waals surface area contributed by atoms with Gasteiger partial charge in [0, 0.05) is 33.5 Å². The number of hydrogen-bond donors (Lipinski definition) is 0. The number of aromatic nitrogens is 1. The second-order valence-electron chi connectivity index (χ2n) is 18.6. The number of para-hydroxylation sites is 2. The molecule has 9 aromatic rings. The lowest BCUT2D eigenvalue weighted by atomic mass is 9.70. The predicted octanol–water partition coefficient (Wildman–Crippen LogP) is 15.2. The van der Waals surface area contributed by atoms with Crippen molar-refractivity contribution in [1.82, 2.24) is 4.57 Å².